The van der Waals surface area contributed by atoms with Crippen molar-refractivity contribution in [1.29, 1.82) is 0 Å². The van der Waals surface area contributed by atoms with Crippen LogP contribution in [0.1, 0.15) is 87.5 Å². The molecule has 28 heavy (non-hydrogen) atoms. The number of pyridine rings is 1. The molecule has 1 atom stereocenters. The van der Waals surface area contributed by atoms with E-state index in [1.54, 1.807) is 6.26 Å². The first-order valence-corrected chi connectivity index (χ1v) is 10.7. The van der Waals surface area contributed by atoms with E-state index in [1.807, 2.05) is 40.7 Å². The molecule has 0 aliphatic rings. The maximum atomic E-state index is 12.7. The SMILES string of the molecule is C/C=C\OC(C)c1c(CC)c(CCC)nc2sc(C(=O)OC(C)(C)C)c(N)c12. The highest BCUT2D eigenvalue weighted by Gasteiger charge is 2.28. The first kappa shape index (κ1) is 22.2. The van der Waals surface area contributed by atoms with Crippen LogP contribution >= 0.6 is 11.3 Å². The minimum Gasteiger partial charge on any atom is -0.494 e. The van der Waals surface area contributed by atoms with Gasteiger partial charge < -0.3 is 15.2 Å². The van der Waals surface area contributed by atoms with Gasteiger partial charge in [0.1, 0.15) is 21.4 Å². The fourth-order valence-corrected chi connectivity index (χ4v) is 4.30. The van der Waals surface area contributed by atoms with Crippen LogP contribution in [0.3, 0.4) is 0 Å². The van der Waals surface area contributed by atoms with Crippen LogP contribution in [0.4, 0.5) is 5.69 Å². The van der Waals surface area contributed by atoms with Crippen LogP contribution in [-0.2, 0) is 22.3 Å². The molecule has 6 heteroatoms. The molecule has 0 saturated heterocycles. The number of hydrogen-bond donors (Lipinski definition) is 1. The third-order valence-corrected chi connectivity index (χ3v) is 5.44. The summed E-state index contributed by atoms with van der Waals surface area (Å²) >= 11 is 1.30. The van der Waals surface area contributed by atoms with Crippen molar-refractivity contribution in [3.8, 4) is 0 Å². The lowest BCUT2D eigenvalue weighted by Crippen LogP contribution is -2.23. The van der Waals surface area contributed by atoms with E-state index >= 15 is 0 Å². The molecule has 5 nitrogen and oxygen atoms in total. The normalized spacial score (nSPS) is 13.2. The molecule has 0 spiro atoms. The number of aromatic nitrogens is 1. The van der Waals surface area contributed by atoms with Crippen molar-refractivity contribution >= 4 is 33.2 Å². The van der Waals surface area contributed by atoms with Gasteiger partial charge in [-0.1, -0.05) is 26.3 Å². The molecule has 1 unspecified atom stereocenters. The Bertz CT molecular complexity index is 878. The van der Waals surface area contributed by atoms with Crippen molar-refractivity contribution in [3.05, 3.63) is 34.0 Å². The molecule has 0 bridgehead atoms. The van der Waals surface area contributed by atoms with Gasteiger partial charge >= 0.3 is 5.97 Å². The summed E-state index contributed by atoms with van der Waals surface area (Å²) in [4.78, 5) is 18.8. The Kier molecular flexibility index (Phi) is 7.10. The van der Waals surface area contributed by atoms with E-state index in [4.69, 9.17) is 20.2 Å². The molecule has 2 N–H and O–H groups in total. The number of rotatable bonds is 7. The molecule has 0 aliphatic heterocycles. The number of nitrogen functional groups attached to an aromatic ring is 1. The van der Waals surface area contributed by atoms with Crippen LogP contribution in [0, 0.1) is 0 Å². The monoisotopic (exact) mass is 404 g/mol. The second-order valence-electron chi connectivity index (χ2n) is 7.83. The number of fused-ring (bicyclic) bond motifs is 1. The van der Waals surface area contributed by atoms with Crippen molar-refractivity contribution in [2.24, 2.45) is 0 Å². The smallest absolute Gasteiger partial charge is 0.351 e. The number of carbonyl (C=O) groups is 1. The molecule has 0 amide bonds. The van der Waals surface area contributed by atoms with Crippen molar-refractivity contribution in [1.82, 2.24) is 4.98 Å². The molecule has 0 fully saturated rings. The number of aryl methyl sites for hydroxylation is 1. The number of ether oxygens (including phenoxy) is 2. The van der Waals surface area contributed by atoms with E-state index in [-0.39, 0.29) is 6.10 Å². The molecule has 2 aromatic heterocycles. The maximum Gasteiger partial charge on any atom is 0.351 e. The van der Waals surface area contributed by atoms with E-state index in [2.05, 4.69) is 13.8 Å². The highest BCUT2D eigenvalue weighted by atomic mass is 32.1. The molecular weight excluding hydrogens is 372 g/mol. The van der Waals surface area contributed by atoms with Gasteiger partial charge in [0.15, 0.2) is 0 Å². The molecule has 2 heterocycles. The van der Waals surface area contributed by atoms with E-state index in [1.165, 1.54) is 11.3 Å². The maximum absolute atomic E-state index is 12.7. The Hall–Kier alpha value is -2.08. The van der Waals surface area contributed by atoms with Crippen LogP contribution in [0.5, 0.6) is 0 Å². The predicted molar refractivity (Wildman–Crippen MR) is 117 cm³/mol. The summed E-state index contributed by atoms with van der Waals surface area (Å²) in [5, 5.41) is 0.819. The fraction of sp³-hybridized carbons (Fsp3) is 0.545. The summed E-state index contributed by atoms with van der Waals surface area (Å²) < 4.78 is 11.4. The predicted octanol–water partition coefficient (Wildman–Crippen LogP) is 5.96. The molecular formula is C22H32N2O3S. The zero-order chi connectivity index (χ0) is 21.1. The highest BCUT2D eigenvalue weighted by Crippen LogP contribution is 2.41. The Morgan fingerprint density at radius 2 is 2.00 bits per heavy atom. The average Bonchev–Trinajstić information content (AvgIpc) is 2.94. The summed E-state index contributed by atoms with van der Waals surface area (Å²) in [7, 11) is 0. The minimum absolute atomic E-state index is 0.198. The molecule has 0 aliphatic carbocycles. The van der Waals surface area contributed by atoms with Crippen molar-refractivity contribution in [3.63, 3.8) is 0 Å². The number of hydrogen-bond acceptors (Lipinski definition) is 6. The zero-order valence-electron chi connectivity index (χ0n) is 18.0. The van der Waals surface area contributed by atoms with Crippen LogP contribution in [-0.4, -0.2) is 16.6 Å². The summed E-state index contributed by atoms with van der Waals surface area (Å²) in [5.41, 5.74) is 9.56. The van der Waals surface area contributed by atoms with Crippen LogP contribution in [0.25, 0.3) is 10.2 Å². The fourth-order valence-electron chi connectivity index (χ4n) is 3.29. The zero-order valence-corrected chi connectivity index (χ0v) is 18.8. The lowest BCUT2D eigenvalue weighted by molar-refractivity contribution is 0.00764. The van der Waals surface area contributed by atoms with Gasteiger partial charge in [0.25, 0.3) is 0 Å². The van der Waals surface area contributed by atoms with Crippen molar-refractivity contribution in [2.45, 2.75) is 79.4 Å². The molecule has 2 aromatic rings. The number of esters is 1. The summed E-state index contributed by atoms with van der Waals surface area (Å²) in [5.74, 6) is -0.406. The van der Waals surface area contributed by atoms with Crippen molar-refractivity contribution < 1.29 is 14.3 Å². The van der Waals surface area contributed by atoms with Gasteiger partial charge in [-0.15, -0.1) is 11.3 Å². The number of allylic oxidation sites excluding steroid dienone is 1. The number of nitrogens with two attached hydrogens (primary N) is 1. The molecule has 2 rings (SSSR count). The Labute approximate surface area is 171 Å². The lowest BCUT2D eigenvalue weighted by Gasteiger charge is -2.20. The highest BCUT2D eigenvalue weighted by molar-refractivity contribution is 7.21. The minimum atomic E-state index is -0.583. The molecule has 154 valence electrons. The molecule has 0 aromatic carbocycles. The summed E-state index contributed by atoms with van der Waals surface area (Å²) in [6.45, 7) is 13.7. The van der Waals surface area contributed by atoms with Gasteiger partial charge in [0.05, 0.1) is 11.9 Å². The van der Waals surface area contributed by atoms with Crippen LogP contribution < -0.4 is 5.73 Å². The average molecular weight is 405 g/mol. The van der Waals surface area contributed by atoms with Gasteiger partial charge in [-0.2, -0.15) is 0 Å². The van der Waals surface area contributed by atoms with Crippen LogP contribution in [0.15, 0.2) is 12.3 Å². The summed E-state index contributed by atoms with van der Waals surface area (Å²) in [6.07, 6.45) is 6.05. The van der Waals surface area contributed by atoms with Gasteiger partial charge in [-0.05, 0) is 53.0 Å². The second-order valence-corrected chi connectivity index (χ2v) is 8.83. The molecule has 0 radical (unpaired) electrons. The van der Waals surface area contributed by atoms with Gasteiger partial charge in [-0.3, -0.25) is 0 Å². The topological polar surface area (TPSA) is 74.4 Å². The van der Waals surface area contributed by atoms with E-state index in [0.717, 1.165) is 46.3 Å². The van der Waals surface area contributed by atoms with E-state index in [9.17, 15) is 4.79 Å². The first-order chi connectivity index (χ1) is 13.1. The van der Waals surface area contributed by atoms with Gasteiger partial charge in [-0.25, -0.2) is 9.78 Å². The van der Waals surface area contributed by atoms with E-state index in [0.29, 0.717) is 10.6 Å². The number of anilines is 1. The quantitative estimate of drug-likeness (QED) is 0.455. The lowest BCUT2D eigenvalue weighted by atomic mass is 9.94. The second kappa shape index (κ2) is 8.95. The van der Waals surface area contributed by atoms with Gasteiger partial charge in [0, 0.05) is 16.6 Å². The number of carbonyl (C=O) groups excluding carboxylic acids is 1. The Morgan fingerprint density at radius 1 is 1.32 bits per heavy atom. The van der Waals surface area contributed by atoms with Gasteiger partial charge in [0.2, 0.25) is 0 Å². The van der Waals surface area contributed by atoms with Crippen LogP contribution in [0.2, 0.25) is 0 Å². The number of thiophene rings is 1. The van der Waals surface area contributed by atoms with Crippen molar-refractivity contribution in [2.75, 3.05) is 5.73 Å². The Morgan fingerprint density at radius 3 is 2.54 bits per heavy atom. The standard InChI is InChI=1S/C22H32N2O3S/c1-8-11-15-14(10-3)16(13(4)26-12-9-2)17-18(23)19(28-20(17)24-15)21(25)27-22(5,6)7/h9,12-13H,8,10-11,23H2,1-7H3/b12-9-. The summed E-state index contributed by atoms with van der Waals surface area (Å²) in [6, 6.07) is 0. The Balaban J connectivity index is 2.75. The van der Waals surface area contributed by atoms with E-state index < -0.39 is 11.6 Å². The third-order valence-electron chi connectivity index (χ3n) is 4.36. The number of nitrogens with zero attached hydrogens (tertiary/aromatic N) is 1. The third kappa shape index (κ3) is 4.66. The first-order valence-electron chi connectivity index (χ1n) is 9.88. The largest absolute Gasteiger partial charge is 0.494 e. The molecule has 0 saturated carbocycles.